The Morgan fingerprint density at radius 1 is 1.18 bits per heavy atom. The van der Waals surface area contributed by atoms with E-state index < -0.39 is 0 Å². The minimum atomic E-state index is 0.00112. The Bertz CT molecular complexity index is 934. The van der Waals surface area contributed by atoms with Crippen molar-refractivity contribution < 1.29 is 4.79 Å². The number of amides is 1. The third-order valence-electron chi connectivity index (χ3n) is 5.13. The van der Waals surface area contributed by atoms with E-state index in [2.05, 4.69) is 41.9 Å². The molecule has 1 heterocycles. The molecule has 0 fully saturated rings. The lowest BCUT2D eigenvalue weighted by Crippen LogP contribution is -2.26. The predicted octanol–water partition coefficient (Wildman–Crippen LogP) is 5.03. The molecule has 3 aromatic rings. The molecule has 4 nitrogen and oxygen atoms in total. The van der Waals surface area contributed by atoms with Crippen LogP contribution < -0.4 is 5.32 Å². The summed E-state index contributed by atoms with van der Waals surface area (Å²) in [7, 11) is 0. The molecule has 0 aliphatic carbocycles. The molecule has 0 bridgehead atoms. The van der Waals surface area contributed by atoms with Crippen molar-refractivity contribution in [2.45, 2.75) is 46.1 Å². The van der Waals surface area contributed by atoms with E-state index in [4.69, 9.17) is 16.6 Å². The topological polar surface area (TPSA) is 46.9 Å². The van der Waals surface area contributed by atoms with E-state index in [1.54, 1.807) is 0 Å². The molecule has 1 aromatic heterocycles. The number of aromatic nitrogens is 2. The number of carbonyl (C=O) groups is 1. The number of hydrogen-bond donors (Lipinski definition) is 1. The summed E-state index contributed by atoms with van der Waals surface area (Å²) in [6.45, 7) is 6.10. The smallest absolute Gasteiger partial charge is 0.224 e. The van der Waals surface area contributed by atoms with Crippen molar-refractivity contribution in [1.82, 2.24) is 14.9 Å². The van der Waals surface area contributed by atoms with Crippen LogP contribution in [0.5, 0.6) is 0 Å². The SMILES string of the molecule is CCC(C)Cn1c(CCCNC(=O)Cc2ccccc2Cl)nc2ccccc21. The highest BCUT2D eigenvalue weighted by Crippen LogP contribution is 2.20. The molecule has 1 amide bonds. The van der Waals surface area contributed by atoms with E-state index in [0.717, 1.165) is 42.7 Å². The first-order chi connectivity index (χ1) is 13.6. The van der Waals surface area contributed by atoms with Crippen LogP contribution in [-0.2, 0) is 24.2 Å². The fourth-order valence-electron chi connectivity index (χ4n) is 3.31. The minimum absolute atomic E-state index is 0.00112. The highest BCUT2D eigenvalue weighted by molar-refractivity contribution is 6.31. The van der Waals surface area contributed by atoms with Crippen molar-refractivity contribution in [3.8, 4) is 0 Å². The van der Waals surface area contributed by atoms with Crippen molar-refractivity contribution in [2.75, 3.05) is 6.54 Å². The molecule has 5 heteroatoms. The third-order valence-corrected chi connectivity index (χ3v) is 5.50. The summed E-state index contributed by atoms with van der Waals surface area (Å²) >= 11 is 6.13. The fourth-order valence-corrected chi connectivity index (χ4v) is 3.51. The van der Waals surface area contributed by atoms with Crippen molar-refractivity contribution in [3.05, 3.63) is 64.9 Å². The van der Waals surface area contributed by atoms with Gasteiger partial charge in [0, 0.05) is 24.5 Å². The number of nitrogens with one attached hydrogen (secondary N) is 1. The van der Waals surface area contributed by atoms with E-state index in [0.29, 0.717) is 23.9 Å². The van der Waals surface area contributed by atoms with Gasteiger partial charge in [-0.15, -0.1) is 0 Å². The second-order valence-corrected chi connectivity index (χ2v) is 7.77. The molecular weight excluding hydrogens is 370 g/mol. The number of para-hydroxylation sites is 2. The Hall–Kier alpha value is -2.33. The van der Waals surface area contributed by atoms with Gasteiger partial charge in [0.25, 0.3) is 0 Å². The van der Waals surface area contributed by atoms with E-state index in [1.165, 1.54) is 5.52 Å². The number of hydrogen-bond acceptors (Lipinski definition) is 2. The second kappa shape index (κ2) is 9.74. The van der Waals surface area contributed by atoms with Crippen LogP contribution in [0.2, 0.25) is 5.02 Å². The van der Waals surface area contributed by atoms with Gasteiger partial charge in [-0.3, -0.25) is 4.79 Å². The minimum Gasteiger partial charge on any atom is -0.356 e. The van der Waals surface area contributed by atoms with Crippen LogP contribution in [0.3, 0.4) is 0 Å². The summed E-state index contributed by atoms with van der Waals surface area (Å²) in [4.78, 5) is 17.0. The van der Waals surface area contributed by atoms with Crippen molar-refractivity contribution >= 4 is 28.5 Å². The van der Waals surface area contributed by atoms with Gasteiger partial charge in [-0.25, -0.2) is 4.98 Å². The highest BCUT2D eigenvalue weighted by Gasteiger charge is 2.13. The lowest BCUT2D eigenvalue weighted by molar-refractivity contribution is -0.120. The number of aryl methyl sites for hydroxylation is 1. The van der Waals surface area contributed by atoms with Gasteiger partial charge in [0.1, 0.15) is 5.82 Å². The predicted molar refractivity (Wildman–Crippen MR) is 116 cm³/mol. The number of benzene rings is 2. The van der Waals surface area contributed by atoms with Gasteiger partial charge in [0.15, 0.2) is 0 Å². The maximum atomic E-state index is 12.2. The van der Waals surface area contributed by atoms with Crippen LogP contribution in [0, 0.1) is 5.92 Å². The van der Waals surface area contributed by atoms with Crippen molar-refractivity contribution in [2.24, 2.45) is 5.92 Å². The molecule has 0 radical (unpaired) electrons. The van der Waals surface area contributed by atoms with Gasteiger partial charge >= 0.3 is 0 Å². The molecule has 3 rings (SSSR count). The zero-order valence-corrected chi connectivity index (χ0v) is 17.4. The molecule has 0 aliphatic rings. The second-order valence-electron chi connectivity index (χ2n) is 7.36. The summed E-state index contributed by atoms with van der Waals surface area (Å²) in [5.74, 6) is 1.70. The Kier molecular flexibility index (Phi) is 7.10. The summed E-state index contributed by atoms with van der Waals surface area (Å²) in [6, 6.07) is 15.8. The maximum absolute atomic E-state index is 12.2. The standard InChI is InChI=1S/C23H28ClN3O/c1-3-17(2)16-27-21-12-7-6-11-20(21)26-22(27)13-8-14-25-23(28)15-18-9-4-5-10-19(18)24/h4-7,9-12,17H,3,8,13-16H2,1-2H3,(H,25,28). The van der Waals surface area contributed by atoms with Crippen LogP contribution in [0.1, 0.15) is 38.1 Å². The van der Waals surface area contributed by atoms with Crippen LogP contribution >= 0.6 is 11.6 Å². The monoisotopic (exact) mass is 397 g/mol. The van der Waals surface area contributed by atoms with Gasteiger partial charge in [0.05, 0.1) is 17.5 Å². The normalized spacial score (nSPS) is 12.2. The molecule has 2 aromatic carbocycles. The van der Waals surface area contributed by atoms with E-state index in [-0.39, 0.29) is 5.91 Å². The Balaban J connectivity index is 1.57. The lowest BCUT2D eigenvalue weighted by atomic mass is 10.1. The van der Waals surface area contributed by atoms with Gasteiger partial charge in [0.2, 0.25) is 5.91 Å². The summed E-state index contributed by atoms with van der Waals surface area (Å²) in [5.41, 5.74) is 3.10. The maximum Gasteiger partial charge on any atom is 0.224 e. The first kappa shape index (κ1) is 20.4. The molecule has 0 aliphatic heterocycles. The van der Waals surface area contributed by atoms with Gasteiger partial charge < -0.3 is 9.88 Å². The zero-order chi connectivity index (χ0) is 19.9. The van der Waals surface area contributed by atoms with Gasteiger partial charge in [-0.2, -0.15) is 0 Å². The Morgan fingerprint density at radius 3 is 2.71 bits per heavy atom. The molecule has 0 spiro atoms. The number of rotatable bonds is 9. The molecule has 148 valence electrons. The summed E-state index contributed by atoms with van der Waals surface area (Å²) < 4.78 is 2.34. The van der Waals surface area contributed by atoms with E-state index in [9.17, 15) is 4.79 Å². The molecule has 1 atom stereocenters. The van der Waals surface area contributed by atoms with Crippen LogP contribution in [0.25, 0.3) is 11.0 Å². The van der Waals surface area contributed by atoms with Crippen LogP contribution in [-0.4, -0.2) is 22.0 Å². The first-order valence-electron chi connectivity index (χ1n) is 10.0. The van der Waals surface area contributed by atoms with E-state index >= 15 is 0 Å². The lowest BCUT2D eigenvalue weighted by Gasteiger charge is -2.14. The number of halogens is 1. The average Bonchev–Trinajstić information content (AvgIpc) is 3.04. The summed E-state index contributed by atoms with van der Waals surface area (Å²) in [5, 5.41) is 3.63. The van der Waals surface area contributed by atoms with Crippen LogP contribution in [0.15, 0.2) is 48.5 Å². The highest BCUT2D eigenvalue weighted by atomic mass is 35.5. The molecule has 1 unspecified atom stereocenters. The Morgan fingerprint density at radius 2 is 1.93 bits per heavy atom. The number of fused-ring (bicyclic) bond motifs is 1. The molecular formula is C23H28ClN3O. The van der Waals surface area contributed by atoms with Crippen molar-refractivity contribution in [1.29, 1.82) is 0 Å². The zero-order valence-electron chi connectivity index (χ0n) is 16.6. The largest absolute Gasteiger partial charge is 0.356 e. The fraction of sp³-hybridized carbons (Fsp3) is 0.391. The van der Waals surface area contributed by atoms with Gasteiger partial charge in [-0.1, -0.05) is 62.2 Å². The van der Waals surface area contributed by atoms with Crippen molar-refractivity contribution in [3.63, 3.8) is 0 Å². The quantitative estimate of drug-likeness (QED) is 0.515. The Labute approximate surface area is 171 Å². The first-order valence-corrected chi connectivity index (χ1v) is 10.4. The van der Waals surface area contributed by atoms with Gasteiger partial charge in [-0.05, 0) is 36.1 Å². The average molecular weight is 398 g/mol. The van der Waals surface area contributed by atoms with Crippen LogP contribution in [0.4, 0.5) is 0 Å². The number of nitrogens with zero attached hydrogens (tertiary/aromatic N) is 2. The van der Waals surface area contributed by atoms with E-state index in [1.807, 2.05) is 30.3 Å². The number of imidazole rings is 1. The molecule has 28 heavy (non-hydrogen) atoms. The third kappa shape index (κ3) is 5.14. The summed E-state index contributed by atoms with van der Waals surface area (Å²) in [6.07, 6.45) is 3.16. The number of carbonyl (C=O) groups excluding carboxylic acids is 1. The molecule has 1 N–H and O–H groups in total. The molecule has 0 saturated heterocycles. The molecule has 0 saturated carbocycles.